The number of guanidine groups is 1. The quantitative estimate of drug-likeness (QED) is 0.342. The Morgan fingerprint density at radius 3 is 2.30 bits per heavy atom. The van der Waals surface area contributed by atoms with Crippen molar-refractivity contribution < 1.29 is 13.2 Å². The van der Waals surface area contributed by atoms with Crippen LogP contribution in [0.3, 0.4) is 0 Å². The van der Waals surface area contributed by atoms with Gasteiger partial charge in [0.25, 0.3) is 0 Å². The van der Waals surface area contributed by atoms with Crippen LogP contribution in [0.5, 0.6) is 0 Å². The summed E-state index contributed by atoms with van der Waals surface area (Å²) < 4.78 is 31.9. The third kappa shape index (κ3) is 7.44. The standard InChI is InChI=1S/C22H32N4O3S/c1-5-23-22(26(3)17-20-8-6-18(2)7-9-20)24-16-19-10-12-21(13-11-19)30(27,28)25-14-15-29-4/h6-13,25H,5,14-17H2,1-4H3,(H,23,24). The van der Waals surface area contributed by atoms with Gasteiger partial charge in [-0.1, -0.05) is 42.0 Å². The van der Waals surface area contributed by atoms with E-state index in [9.17, 15) is 8.42 Å². The van der Waals surface area contributed by atoms with Crippen LogP contribution in [0.15, 0.2) is 58.4 Å². The van der Waals surface area contributed by atoms with Gasteiger partial charge in [-0.3, -0.25) is 0 Å². The van der Waals surface area contributed by atoms with Crippen LogP contribution in [0, 0.1) is 6.92 Å². The van der Waals surface area contributed by atoms with Crippen LogP contribution in [-0.4, -0.2) is 53.1 Å². The highest BCUT2D eigenvalue weighted by Crippen LogP contribution is 2.12. The maximum Gasteiger partial charge on any atom is 0.240 e. The maximum absolute atomic E-state index is 12.2. The third-order valence-corrected chi connectivity index (χ3v) is 5.96. The van der Waals surface area contributed by atoms with Gasteiger partial charge in [-0.15, -0.1) is 0 Å². The normalized spacial score (nSPS) is 12.1. The molecule has 0 aliphatic carbocycles. The number of hydrogen-bond acceptors (Lipinski definition) is 4. The molecular weight excluding hydrogens is 400 g/mol. The Labute approximate surface area is 180 Å². The van der Waals surface area contributed by atoms with E-state index < -0.39 is 10.0 Å². The van der Waals surface area contributed by atoms with E-state index in [4.69, 9.17) is 9.73 Å². The Morgan fingerprint density at radius 1 is 1.07 bits per heavy atom. The Bertz CT molecular complexity index is 910. The van der Waals surface area contributed by atoms with Crippen LogP contribution >= 0.6 is 0 Å². The van der Waals surface area contributed by atoms with Crippen LogP contribution in [-0.2, 0) is 27.8 Å². The SMILES string of the molecule is CCNC(=NCc1ccc(S(=O)(=O)NCCOC)cc1)N(C)Cc1ccc(C)cc1. The molecule has 0 bridgehead atoms. The van der Waals surface area contributed by atoms with Crippen LogP contribution in [0.2, 0.25) is 0 Å². The van der Waals surface area contributed by atoms with E-state index in [0.29, 0.717) is 13.2 Å². The number of benzene rings is 2. The highest BCUT2D eigenvalue weighted by atomic mass is 32.2. The molecule has 30 heavy (non-hydrogen) atoms. The maximum atomic E-state index is 12.2. The first-order valence-electron chi connectivity index (χ1n) is 9.98. The summed E-state index contributed by atoms with van der Waals surface area (Å²) in [7, 11) is 0.00721. The summed E-state index contributed by atoms with van der Waals surface area (Å²) in [5, 5.41) is 3.31. The molecule has 2 aromatic rings. The van der Waals surface area contributed by atoms with E-state index in [-0.39, 0.29) is 11.4 Å². The molecule has 0 spiro atoms. The number of rotatable bonds is 10. The molecule has 2 N–H and O–H groups in total. The Hall–Kier alpha value is -2.42. The second kappa shape index (κ2) is 11.7. The first kappa shape index (κ1) is 23.9. The van der Waals surface area contributed by atoms with Crippen molar-refractivity contribution in [3.05, 3.63) is 65.2 Å². The van der Waals surface area contributed by atoms with Gasteiger partial charge in [0.1, 0.15) is 0 Å². The van der Waals surface area contributed by atoms with E-state index in [1.165, 1.54) is 18.2 Å². The van der Waals surface area contributed by atoms with Crippen molar-refractivity contribution in [2.75, 3.05) is 33.9 Å². The summed E-state index contributed by atoms with van der Waals surface area (Å²) in [6.45, 7) is 6.64. The smallest absolute Gasteiger partial charge is 0.240 e. The van der Waals surface area contributed by atoms with Crippen LogP contribution in [0.25, 0.3) is 0 Å². The summed E-state index contributed by atoms with van der Waals surface area (Å²) >= 11 is 0. The number of nitrogens with one attached hydrogen (secondary N) is 2. The largest absolute Gasteiger partial charge is 0.383 e. The molecule has 0 saturated heterocycles. The van der Waals surface area contributed by atoms with Gasteiger partial charge in [-0.2, -0.15) is 0 Å². The monoisotopic (exact) mass is 432 g/mol. The highest BCUT2D eigenvalue weighted by Gasteiger charge is 2.13. The lowest BCUT2D eigenvalue weighted by Crippen LogP contribution is -2.38. The molecule has 0 aliphatic heterocycles. The predicted molar refractivity (Wildman–Crippen MR) is 121 cm³/mol. The van der Waals surface area contributed by atoms with Gasteiger partial charge in [0.15, 0.2) is 5.96 Å². The number of aryl methyl sites for hydroxylation is 1. The Morgan fingerprint density at radius 2 is 1.70 bits per heavy atom. The third-order valence-electron chi connectivity index (χ3n) is 4.48. The second-order valence-corrected chi connectivity index (χ2v) is 8.81. The van der Waals surface area contributed by atoms with Crippen molar-refractivity contribution in [1.82, 2.24) is 14.9 Å². The van der Waals surface area contributed by atoms with Gasteiger partial charge >= 0.3 is 0 Å². The van der Waals surface area contributed by atoms with Crippen molar-refractivity contribution in [2.24, 2.45) is 4.99 Å². The number of sulfonamides is 1. The lowest BCUT2D eigenvalue weighted by molar-refractivity contribution is 0.204. The van der Waals surface area contributed by atoms with E-state index >= 15 is 0 Å². The van der Waals surface area contributed by atoms with Crippen molar-refractivity contribution >= 4 is 16.0 Å². The topological polar surface area (TPSA) is 83.0 Å². The number of hydrogen-bond donors (Lipinski definition) is 2. The van der Waals surface area contributed by atoms with Crippen molar-refractivity contribution in [3.63, 3.8) is 0 Å². The van der Waals surface area contributed by atoms with Gasteiger partial charge < -0.3 is 15.0 Å². The van der Waals surface area contributed by atoms with Gasteiger partial charge in [0, 0.05) is 33.8 Å². The molecule has 2 rings (SSSR count). The number of aliphatic imine (C=N–C) groups is 1. The van der Waals surface area contributed by atoms with E-state index in [1.807, 2.05) is 14.0 Å². The van der Waals surface area contributed by atoms with Crippen molar-refractivity contribution in [2.45, 2.75) is 31.8 Å². The van der Waals surface area contributed by atoms with Crippen LogP contribution in [0.4, 0.5) is 0 Å². The second-order valence-electron chi connectivity index (χ2n) is 7.05. The molecule has 0 radical (unpaired) electrons. The zero-order chi connectivity index (χ0) is 22.0. The fourth-order valence-corrected chi connectivity index (χ4v) is 3.83. The minimum absolute atomic E-state index is 0.231. The fraction of sp³-hybridized carbons (Fsp3) is 0.409. The minimum Gasteiger partial charge on any atom is -0.383 e. The van der Waals surface area contributed by atoms with Gasteiger partial charge in [-0.25, -0.2) is 18.1 Å². The fourth-order valence-electron chi connectivity index (χ4n) is 2.81. The molecule has 164 valence electrons. The summed E-state index contributed by atoms with van der Waals surface area (Å²) in [5.41, 5.74) is 3.38. The molecule has 0 atom stereocenters. The molecule has 2 aromatic carbocycles. The summed E-state index contributed by atoms with van der Waals surface area (Å²) in [6, 6.07) is 15.2. The molecule has 0 fully saturated rings. The van der Waals surface area contributed by atoms with Crippen LogP contribution in [0.1, 0.15) is 23.6 Å². The zero-order valence-corrected chi connectivity index (χ0v) is 19.0. The predicted octanol–water partition coefficient (Wildman–Crippen LogP) is 2.52. The van der Waals surface area contributed by atoms with Gasteiger partial charge in [0.2, 0.25) is 10.0 Å². The molecule has 0 saturated carbocycles. The molecule has 7 nitrogen and oxygen atoms in total. The molecule has 0 unspecified atom stereocenters. The average molecular weight is 433 g/mol. The Balaban J connectivity index is 2.03. The first-order chi connectivity index (χ1) is 14.4. The number of nitrogens with zero attached hydrogens (tertiary/aromatic N) is 2. The average Bonchev–Trinajstić information content (AvgIpc) is 2.73. The van der Waals surface area contributed by atoms with Crippen LogP contribution < -0.4 is 10.0 Å². The highest BCUT2D eigenvalue weighted by molar-refractivity contribution is 7.89. The molecule has 0 amide bonds. The van der Waals surface area contributed by atoms with E-state index in [1.54, 1.807) is 24.3 Å². The molecule has 0 aliphatic rings. The Kier molecular flexibility index (Phi) is 9.29. The number of methoxy groups -OCH3 is 1. The van der Waals surface area contributed by atoms with Gasteiger partial charge in [0.05, 0.1) is 18.0 Å². The van der Waals surface area contributed by atoms with Crippen molar-refractivity contribution in [3.8, 4) is 0 Å². The summed E-state index contributed by atoms with van der Waals surface area (Å²) in [5.74, 6) is 0.802. The summed E-state index contributed by atoms with van der Waals surface area (Å²) in [6.07, 6.45) is 0. The minimum atomic E-state index is -3.53. The van der Waals surface area contributed by atoms with Gasteiger partial charge in [-0.05, 0) is 37.1 Å². The van der Waals surface area contributed by atoms with E-state index in [2.05, 4.69) is 46.1 Å². The number of ether oxygens (including phenoxy) is 1. The molecule has 0 heterocycles. The summed E-state index contributed by atoms with van der Waals surface area (Å²) in [4.78, 5) is 7.01. The lowest BCUT2D eigenvalue weighted by atomic mass is 10.1. The molecule has 0 aromatic heterocycles. The van der Waals surface area contributed by atoms with E-state index in [0.717, 1.165) is 24.6 Å². The molecule has 8 heteroatoms. The molecular formula is C22H32N4O3S. The van der Waals surface area contributed by atoms with Crippen molar-refractivity contribution in [1.29, 1.82) is 0 Å². The lowest BCUT2D eigenvalue weighted by Gasteiger charge is -2.22. The zero-order valence-electron chi connectivity index (χ0n) is 18.2. The first-order valence-corrected chi connectivity index (χ1v) is 11.5.